The predicted molar refractivity (Wildman–Crippen MR) is 127 cm³/mol. The zero-order valence-corrected chi connectivity index (χ0v) is 18.8. The van der Waals surface area contributed by atoms with Crippen LogP contribution >= 0.6 is 0 Å². The average molecular weight is 431 g/mol. The second kappa shape index (κ2) is 10.1. The van der Waals surface area contributed by atoms with Crippen molar-refractivity contribution < 1.29 is 9.18 Å². The van der Waals surface area contributed by atoms with Crippen LogP contribution in [0.4, 0.5) is 4.39 Å². The molecule has 4 heteroatoms. The lowest BCUT2D eigenvalue weighted by Gasteiger charge is -2.38. The van der Waals surface area contributed by atoms with Gasteiger partial charge in [-0.25, -0.2) is 4.39 Å². The molecule has 3 aromatic rings. The van der Waals surface area contributed by atoms with E-state index in [0.29, 0.717) is 13.1 Å². The number of hydrogen-bond acceptors (Lipinski definition) is 2. The molecular weight excluding hydrogens is 399 g/mol. The van der Waals surface area contributed by atoms with Crippen molar-refractivity contribution >= 4 is 5.91 Å². The standard InChI is InChI=1S/C28H31FN2O/c1-20-8-6-12-24(14-20)25-16-26(28(32)30-21(2)23-10-4-3-5-11-23)19-31(18-25)17-22-9-7-13-27(29)15-22/h3-15,21,25-26H,16-19H2,1-2H3,(H,30,32)/t21-,25+,26+/m0/s1. The lowest BCUT2D eigenvalue weighted by molar-refractivity contribution is -0.127. The number of carbonyl (C=O) groups excluding carboxylic acids is 1. The molecule has 1 aliphatic heterocycles. The normalized spacial score (nSPS) is 20.0. The number of benzene rings is 3. The van der Waals surface area contributed by atoms with Gasteiger partial charge >= 0.3 is 0 Å². The van der Waals surface area contributed by atoms with Gasteiger partial charge in [-0.2, -0.15) is 0 Å². The Balaban J connectivity index is 1.52. The maximum Gasteiger partial charge on any atom is 0.224 e. The van der Waals surface area contributed by atoms with Gasteiger partial charge in [0.2, 0.25) is 5.91 Å². The van der Waals surface area contributed by atoms with Gasteiger partial charge in [-0.1, -0.05) is 72.3 Å². The van der Waals surface area contributed by atoms with E-state index in [-0.39, 0.29) is 29.6 Å². The molecule has 3 nitrogen and oxygen atoms in total. The summed E-state index contributed by atoms with van der Waals surface area (Å²) in [6, 6.07) is 25.3. The Kier molecular flexibility index (Phi) is 7.01. The van der Waals surface area contributed by atoms with E-state index in [4.69, 9.17) is 0 Å². The molecule has 1 saturated heterocycles. The van der Waals surface area contributed by atoms with Crippen molar-refractivity contribution in [2.24, 2.45) is 5.92 Å². The molecule has 0 saturated carbocycles. The van der Waals surface area contributed by atoms with Gasteiger partial charge in [0.15, 0.2) is 0 Å². The molecule has 1 heterocycles. The smallest absolute Gasteiger partial charge is 0.224 e. The number of amides is 1. The summed E-state index contributed by atoms with van der Waals surface area (Å²) < 4.78 is 13.7. The molecule has 1 aliphatic rings. The third-order valence-corrected chi connectivity index (χ3v) is 6.36. The summed E-state index contributed by atoms with van der Waals surface area (Å²) in [7, 11) is 0. The highest BCUT2D eigenvalue weighted by Crippen LogP contribution is 2.32. The van der Waals surface area contributed by atoms with Crippen LogP contribution in [0.15, 0.2) is 78.9 Å². The van der Waals surface area contributed by atoms with E-state index in [1.165, 1.54) is 17.2 Å². The zero-order chi connectivity index (χ0) is 22.5. The Morgan fingerprint density at radius 3 is 2.56 bits per heavy atom. The first-order valence-electron chi connectivity index (χ1n) is 11.4. The summed E-state index contributed by atoms with van der Waals surface area (Å²) in [6.07, 6.45) is 0.816. The predicted octanol–water partition coefficient (Wildman–Crippen LogP) is 5.62. The van der Waals surface area contributed by atoms with E-state index in [9.17, 15) is 9.18 Å². The van der Waals surface area contributed by atoms with Crippen LogP contribution in [0.2, 0.25) is 0 Å². The van der Waals surface area contributed by atoms with Gasteiger partial charge in [0.05, 0.1) is 12.0 Å². The molecule has 0 aromatic heterocycles. The maximum absolute atomic E-state index is 13.7. The number of nitrogens with zero attached hydrogens (tertiary/aromatic N) is 1. The minimum atomic E-state index is -0.222. The third kappa shape index (κ3) is 5.63. The second-order valence-electron chi connectivity index (χ2n) is 9.01. The molecule has 0 bridgehead atoms. The van der Waals surface area contributed by atoms with Crippen LogP contribution in [0.25, 0.3) is 0 Å². The van der Waals surface area contributed by atoms with E-state index in [0.717, 1.165) is 24.1 Å². The number of rotatable bonds is 6. The van der Waals surface area contributed by atoms with Crippen molar-refractivity contribution in [2.45, 2.75) is 38.8 Å². The fraction of sp³-hybridized carbons (Fsp3) is 0.321. The highest BCUT2D eigenvalue weighted by Gasteiger charge is 2.33. The van der Waals surface area contributed by atoms with Gasteiger partial charge in [-0.3, -0.25) is 9.69 Å². The number of piperidine rings is 1. The van der Waals surface area contributed by atoms with Crippen molar-refractivity contribution in [3.05, 3.63) is 107 Å². The molecule has 1 fully saturated rings. The minimum absolute atomic E-state index is 0.0419. The van der Waals surface area contributed by atoms with Gasteiger partial charge in [-0.15, -0.1) is 0 Å². The maximum atomic E-state index is 13.7. The van der Waals surface area contributed by atoms with E-state index in [1.54, 1.807) is 12.1 Å². The largest absolute Gasteiger partial charge is 0.349 e. The minimum Gasteiger partial charge on any atom is -0.349 e. The van der Waals surface area contributed by atoms with Gasteiger partial charge in [0.1, 0.15) is 5.82 Å². The van der Waals surface area contributed by atoms with Gasteiger partial charge in [0.25, 0.3) is 0 Å². The van der Waals surface area contributed by atoms with Crippen molar-refractivity contribution in [1.29, 1.82) is 0 Å². The highest BCUT2D eigenvalue weighted by molar-refractivity contribution is 5.79. The fourth-order valence-electron chi connectivity index (χ4n) is 4.72. The molecule has 0 spiro atoms. The zero-order valence-electron chi connectivity index (χ0n) is 18.8. The van der Waals surface area contributed by atoms with Gasteiger partial charge in [-0.05, 0) is 55.0 Å². The van der Waals surface area contributed by atoms with Crippen molar-refractivity contribution in [1.82, 2.24) is 10.2 Å². The number of nitrogens with one attached hydrogen (secondary N) is 1. The summed E-state index contributed by atoms with van der Waals surface area (Å²) >= 11 is 0. The first-order valence-corrected chi connectivity index (χ1v) is 11.4. The Labute approximate surface area is 190 Å². The molecule has 4 rings (SSSR count). The van der Waals surface area contributed by atoms with E-state index >= 15 is 0 Å². The molecule has 0 radical (unpaired) electrons. The molecular formula is C28H31FN2O. The van der Waals surface area contributed by atoms with Crippen molar-refractivity contribution in [3.63, 3.8) is 0 Å². The van der Waals surface area contributed by atoms with Crippen LogP contribution in [-0.2, 0) is 11.3 Å². The van der Waals surface area contributed by atoms with E-state index < -0.39 is 0 Å². The van der Waals surface area contributed by atoms with Crippen molar-refractivity contribution in [2.75, 3.05) is 13.1 Å². The number of carbonyl (C=O) groups is 1. The number of likely N-dealkylation sites (tertiary alicyclic amines) is 1. The molecule has 3 atom stereocenters. The summed E-state index contributed by atoms with van der Waals surface area (Å²) in [5.74, 6) is 0.0117. The third-order valence-electron chi connectivity index (χ3n) is 6.36. The summed E-state index contributed by atoms with van der Waals surface area (Å²) in [5.41, 5.74) is 4.53. The Morgan fingerprint density at radius 2 is 1.81 bits per heavy atom. The highest BCUT2D eigenvalue weighted by atomic mass is 19.1. The Hall–Kier alpha value is -2.98. The van der Waals surface area contributed by atoms with E-state index in [1.807, 2.05) is 43.3 Å². The first kappa shape index (κ1) is 22.2. The van der Waals surface area contributed by atoms with Crippen LogP contribution in [0.5, 0.6) is 0 Å². The second-order valence-corrected chi connectivity index (χ2v) is 9.01. The van der Waals surface area contributed by atoms with Crippen LogP contribution in [0, 0.1) is 18.7 Å². The number of aryl methyl sites for hydroxylation is 1. The lowest BCUT2D eigenvalue weighted by Crippen LogP contribution is -2.45. The molecule has 32 heavy (non-hydrogen) atoms. The molecule has 3 aromatic carbocycles. The summed E-state index contributed by atoms with van der Waals surface area (Å²) in [6.45, 7) is 6.30. The van der Waals surface area contributed by atoms with Gasteiger partial charge < -0.3 is 5.32 Å². The Morgan fingerprint density at radius 1 is 1.03 bits per heavy atom. The average Bonchev–Trinajstić information content (AvgIpc) is 2.79. The number of halogens is 1. The quantitative estimate of drug-likeness (QED) is 0.551. The van der Waals surface area contributed by atoms with Crippen LogP contribution < -0.4 is 5.32 Å². The molecule has 0 aliphatic carbocycles. The molecule has 0 unspecified atom stereocenters. The van der Waals surface area contributed by atoms with Crippen LogP contribution in [0.3, 0.4) is 0 Å². The molecule has 1 amide bonds. The summed E-state index contributed by atoms with van der Waals surface area (Å²) in [4.78, 5) is 15.6. The van der Waals surface area contributed by atoms with Crippen LogP contribution in [-0.4, -0.2) is 23.9 Å². The SMILES string of the molecule is Cc1cccc([C@@H]2C[C@@H](C(=O)N[C@@H](C)c3ccccc3)CN(Cc3cccc(F)c3)C2)c1. The monoisotopic (exact) mass is 430 g/mol. The first-order chi connectivity index (χ1) is 15.5. The molecule has 166 valence electrons. The fourth-order valence-corrected chi connectivity index (χ4v) is 4.72. The summed E-state index contributed by atoms with van der Waals surface area (Å²) in [5, 5.41) is 3.22. The van der Waals surface area contributed by atoms with E-state index in [2.05, 4.69) is 41.4 Å². The topological polar surface area (TPSA) is 32.3 Å². The number of hydrogen-bond donors (Lipinski definition) is 1. The Bertz CT molecular complexity index is 1050. The lowest BCUT2D eigenvalue weighted by atomic mass is 9.83. The van der Waals surface area contributed by atoms with Crippen molar-refractivity contribution in [3.8, 4) is 0 Å². The van der Waals surface area contributed by atoms with Gasteiger partial charge in [0, 0.05) is 19.6 Å². The van der Waals surface area contributed by atoms with Crippen LogP contribution in [0.1, 0.15) is 47.6 Å². The molecule has 1 N–H and O–H groups in total.